The van der Waals surface area contributed by atoms with Gasteiger partial charge in [0.1, 0.15) is 0 Å². The summed E-state index contributed by atoms with van der Waals surface area (Å²) in [6.45, 7) is 9.32. The number of benzene rings is 1. The quantitative estimate of drug-likeness (QED) is 0.859. The number of likely N-dealkylation sites (tertiary alicyclic amines) is 1. The fraction of sp³-hybridized carbons (Fsp3) is 0.550. The van der Waals surface area contributed by atoms with Gasteiger partial charge in [-0.2, -0.15) is 0 Å². The summed E-state index contributed by atoms with van der Waals surface area (Å²) in [5, 5.41) is 11.3. The van der Waals surface area contributed by atoms with Crippen LogP contribution in [0.5, 0.6) is 0 Å². The molecule has 0 spiro atoms. The van der Waals surface area contributed by atoms with Crippen LogP contribution < -0.4 is 5.43 Å². The third-order valence-electron chi connectivity index (χ3n) is 5.70. The number of hydrogen-bond donors (Lipinski definition) is 2. The summed E-state index contributed by atoms with van der Waals surface area (Å²) in [5.74, 6) is 0. The smallest absolute Gasteiger partial charge is 0.189 e. The average molecular weight is 357 g/mol. The fourth-order valence-corrected chi connectivity index (χ4v) is 4.29. The lowest BCUT2D eigenvalue weighted by molar-refractivity contribution is -0.00618. The summed E-state index contributed by atoms with van der Waals surface area (Å²) < 4.78 is 5.42. The minimum absolute atomic E-state index is 0.0689. The lowest BCUT2D eigenvalue weighted by Gasteiger charge is -2.33. The number of morpholine rings is 1. The van der Waals surface area contributed by atoms with Crippen molar-refractivity contribution in [3.63, 3.8) is 0 Å². The molecule has 2 fully saturated rings. The van der Waals surface area contributed by atoms with Crippen LogP contribution in [0.4, 0.5) is 0 Å². The van der Waals surface area contributed by atoms with Crippen LogP contribution in [0.25, 0.3) is 10.9 Å². The number of pyridine rings is 1. The molecule has 6 heteroatoms. The Bertz CT molecular complexity index is 857. The Kier molecular flexibility index (Phi) is 4.84. The summed E-state index contributed by atoms with van der Waals surface area (Å²) in [4.78, 5) is 20.6. The molecule has 26 heavy (non-hydrogen) atoms. The lowest BCUT2D eigenvalue weighted by atomic mass is 10.0. The molecule has 0 amide bonds. The zero-order valence-electron chi connectivity index (χ0n) is 15.5. The number of aliphatic hydroxyl groups excluding tert-OH is 1. The molecule has 6 nitrogen and oxygen atoms in total. The standard InChI is InChI=1S/C20H27N3O3/c1-13-3-4-14(2)20-19(13)17(24)9-15(21-20)10-22-11-16(18(25)12-22)23-5-7-26-8-6-23/h3-4,9,16,18,25H,5-8,10-12H2,1-2H3,(H,21,24). The van der Waals surface area contributed by atoms with Crippen molar-refractivity contribution in [3.8, 4) is 0 Å². The van der Waals surface area contributed by atoms with Crippen LogP contribution in [-0.2, 0) is 11.3 Å². The van der Waals surface area contributed by atoms with Gasteiger partial charge in [0.15, 0.2) is 5.43 Å². The van der Waals surface area contributed by atoms with Gasteiger partial charge in [0, 0.05) is 55.9 Å². The highest BCUT2D eigenvalue weighted by molar-refractivity contribution is 5.84. The number of nitrogens with one attached hydrogen (secondary N) is 1. The molecule has 2 unspecified atom stereocenters. The number of β-amino-alcohol motifs (C(OH)–C–C–N with tert-alkyl or cyclic N) is 1. The number of fused-ring (bicyclic) bond motifs is 1. The molecule has 0 saturated carbocycles. The maximum atomic E-state index is 12.6. The first kappa shape index (κ1) is 17.7. The zero-order chi connectivity index (χ0) is 18.3. The lowest BCUT2D eigenvalue weighted by Crippen LogP contribution is -2.48. The van der Waals surface area contributed by atoms with Gasteiger partial charge in [-0.1, -0.05) is 12.1 Å². The van der Waals surface area contributed by atoms with E-state index in [-0.39, 0.29) is 17.6 Å². The van der Waals surface area contributed by atoms with Crippen molar-refractivity contribution in [1.29, 1.82) is 0 Å². The maximum Gasteiger partial charge on any atom is 0.189 e. The monoisotopic (exact) mass is 357 g/mol. The van der Waals surface area contributed by atoms with Crippen LogP contribution in [0.3, 0.4) is 0 Å². The Balaban J connectivity index is 1.54. The van der Waals surface area contributed by atoms with E-state index in [1.54, 1.807) is 6.07 Å². The Hall–Kier alpha value is -1.73. The molecular weight excluding hydrogens is 330 g/mol. The van der Waals surface area contributed by atoms with E-state index in [0.717, 1.165) is 60.6 Å². The van der Waals surface area contributed by atoms with E-state index in [4.69, 9.17) is 4.74 Å². The molecule has 140 valence electrons. The molecule has 1 aromatic heterocycles. The number of aromatic amines is 1. The van der Waals surface area contributed by atoms with Gasteiger partial charge in [-0.15, -0.1) is 0 Å². The molecule has 4 rings (SSSR count). The first-order valence-corrected chi connectivity index (χ1v) is 9.37. The minimum atomic E-state index is -0.357. The highest BCUT2D eigenvalue weighted by Crippen LogP contribution is 2.21. The van der Waals surface area contributed by atoms with Gasteiger partial charge in [-0.25, -0.2) is 0 Å². The highest BCUT2D eigenvalue weighted by Gasteiger charge is 2.36. The normalized spacial score (nSPS) is 25.2. The number of aryl methyl sites for hydroxylation is 2. The third kappa shape index (κ3) is 3.30. The predicted octanol–water partition coefficient (Wildman–Crippen LogP) is 1.02. The number of ether oxygens (including phenoxy) is 1. The van der Waals surface area contributed by atoms with Crippen molar-refractivity contribution < 1.29 is 9.84 Å². The number of hydrogen-bond acceptors (Lipinski definition) is 5. The second-order valence-electron chi connectivity index (χ2n) is 7.59. The Labute approximate surface area is 153 Å². The van der Waals surface area contributed by atoms with Gasteiger partial charge in [-0.3, -0.25) is 14.6 Å². The second kappa shape index (κ2) is 7.12. The number of aliphatic hydroxyl groups is 1. The highest BCUT2D eigenvalue weighted by atomic mass is 16.5. The Morgan fingerprint density at radius 2 is 1.92 bits per heavy atom. The van der Waals surface area contributed by atoms with E-state index in [2.05, 4.69) is 14.8 Å². The number of rotatable bonds is 3. The van der Waals surface area contributed by atoms with Gasteiger partial charge < -0.3 is 14.8 Å². The molecule has 0 aliphatic carbocycles. The molecule has 0 radical (unpaired) electrons. The van der Waals surface area contributed by atoms with E-state index >= 15 is 0 Å². The first-order valence-electron chi connectivity index (χ1n) is 9.37. The van der Waals surface area contributed by atoms with E-state index < -0.39 is 0 Å². The number of H-pyrrole nitrogens is 1. The van der Waals surface area contributed by atoms with Crippen molar-refractivity contribution >= 4 is 10.9 Å². The van der Waals surface area contributed by atoms with E-state index in [0.29, 0.717) is 13.1 Å². The molecule has 1 aromatic carbocycles. The Morgan fingerprint density at radius 3 is 2.69 bits per heavy atom. The maximum absolute atomic E-state index is 12.6. The largest absolute Gasteiger partial charge is 0.390 e. The van der Waals surface area contributed by atoms with Crippen molar-refractivity contribution in [2.45, 2.75) is 32.5 Å². The van der Waals surface area contributed by atoms with Gasteiger partial charge in [0.05, 0.1) is 24.8 Å². The van der Waals surface area contributed by atoms with Gasteiger partial charge in [0.2, 0.25) is 0 Å². The van der Waals surface area contributed by atoms with Crippen molar-refractivity contribution in [2.75, 3.05) is 39.4 Å². The molecule has 2 aromatic rings. The van der Waals surface area contributed by atoms with Crippen LogP contribution in [0.2, 0.25) is 0 Å². The third-order valence-corrected chi connectivity index (χ3v) is 5.70. The molecular formula is C20H27N3O3. The van der Waals surface area contributed by atoms with Crippen molar-refractivity contribution in [2.24, 2.45) is 0 Å². The summed E-state index contributed by atoms with van der Waals surface area (Å²) in [6, 6.07) is 5.90. The summed E-state index contributed by atoms with van der Waals surface area (Å²) in [5.41, 5.74) is 3.99. The average Bonchev–Trinajstić information content (AvgIpc) is 2.99. The first-order chi connectivity index (χ1) is 12.5. The summed E-state index contributed by atoms with van der Waals surface area (Å²) in [7, 11) is 0. The van der Waals surface area contributed by atoms with Gasteiger partial charge in [0.25, 0.3) is 0 Å². The van der Waals surface area contributed by atoms with Crippen LogP contribution in [-0.4, -0.2) is 71.4 Å². The van der Waals surface area contributed by atoms with E-state index in [1.807, 2.05) is 26.0 Å². The second-order valence-corrected chi connectivity index (χ2v) is 7.59. The van der Waals surface area contributed by atoms with E-state index in [9.17, 15) is 9.90 Å². The number of aromatic nitrogens is 1. The van der Waals surface area contributed by atoms with Gasteiger partial charge in [-0.05, 0) is 25.0 Å². The summed E-state index contributed by atoms with van der Waals surface area (Å²) in [6.07, 6.45) is -0.357. The zero-order valence-corrected chi connectivity index (χ0v) is 15.5. The van der Waals surface area contributed by atoms with Crippen LogP contribution in [0.15, 0.2) is 23.0 Å². The van der Waals surface area contributed by atoms with Crippen molar-refractivity contribution in [3.05, 3.63) is 45.2 Å². The molecule has 2 aliphatic heterocycles. The SMILES string of the molecule is Cc1ccc(C)c2c(=O)cc(CN3CC(O)C(N4CCOCC4)C3)[nH]c12. The molecule has 2 atom stereocenters. The summed E-state index contributed by atoms with van der Waals surface area (Å²) >= 11 is 0. The molecule has 0 bridgehead atoms. The van der Waals surface area contributed by atoms with Crippen LogP contribution >= 0.6 is 0 Å². The fourth-order valence-electron chi connectivity index (χ4n) is 4.29. The molecule has 2 aliphatic rings. The predicted molar refractivity (Wildman–Crippen MR) is 102 cm³/mol. The van der Waals surface area contributed by atoms with Gasteiger partial charge >= 0.3 is 0 Å². The topological polar surface area (TPSA) is 68.8 Å². The van der Waals surface area contributed by atoms with E-state index in [1.165, 1.54) is 0 Å². The number of nitrogens with zero attached hydrogens (tertiary/aromatic N) is 2. The Morgan fingerprint density at radius 1 is 1.19 bits per heavy atom. The molecule has 2 saturated heterocycles. The van der Waals surface area contributed by atoms with Crippen LogP contribution in [0.1, 0.15) is 16.8 Å². The van der Waals surface area contributed by atoms with Crippen molar-refractivity contribution in [1.82, 2.24) is 14.8 Å². The minimum Gasteiger partial charge on any atom is -0.390 e. The molecule has 3 heterocycles. The van der Waals surface area contributed by atoms with Crippen LogP contribution in [0, 0.1) is 13.8 Å². The molecule has 2 N–H and O–H groups in total.